The summed E-state index contributed by atoms with van der Waals surface area (Å²) in [6.07, 6.45) is 5.90. The number of unbranched alkanes of at least 4 members (excludes halogenated alkanes) is 2. The van der Waals surface area contributed by atoms with Gasteiger partial charge in [-0.3, -0.25) is 0 Å². The molecule has 19 heavy (non-hydrogen) atoms. The number of benzene rings is 1. The molecule has 1 N–H and O–H groups in total. The number of nitrogens with one attached hydrogen (secondary N) is 1. The van der Waals surface area contributed by atoms with Crippen LogP contribution in [-0.4, -0.2) is 12.6 Å². The Morgan fingerprint density at radius 2 is 2.16 bits per heavy atom. The minimum atomic E-state index is -0.219. The van der Waals surface area contributed by atoms with Crippen LogP contribution in [0, 0.1) is 5.82 Å². The fraction of sp³-hybridized carbons (Fsp3) is 0.625. The van der Waals surface area contributed by atoms with E-state index in [1.54, 1.807) is 0 Å². The topological polar surface area (TPSA) is 21.3 Å². The van der Waals surface area contributed by atoms with E-state index in [-0.39, 0.29) is 11.9 Å². The molecule has 0 fully saturated rings. The van der Waals surface area contributed by atoms with Gasteiger partial charge >= 0.3 is 0 Å². The second-order valence-electron chi connectivity index (χ2n) is 5.26. The molecule has 0 amide bonds. The van der Waals surface area contributed by atoms with E-state index in [1.807, 2.05) is 6.07 Å². The second kappa shape index (κ2) is 6.90. The van der Waals surface area contributed by atoms with Crippen LogP contribution in [0.2, 0.25) is 0 Å². The van der Waals surface area contributed by atoms with Gasteiger partial charge in [0.1, 0.15) is 17.7 Å². The third kappa shape index (κ3) is 3.69. The van der Waals surface area contributed by atoms with Crippen LogP contribution in [0.3, 0.4) is 0 Å². The Morgan fingerprint density at radius 1 is 1.32 bits per heavy atom. The Morgan fingerprint density at radius 3 is 2.89 bits per heavy atom. The van der Waals surface area contributed by atoms with Crippen molar-refractivity contribution in [1.29, 1.82) is 0 Å². The average molecular weight is 265 g/mol. The van der Waals surface area contributed by atoms with Gasteiger partial charge in [0.2, 0.25) is 0 Å². The summed E-state index contributed by atoms with van der Waals surface area (Å²) in [6, 6.07) is 5.18. The molecular weight excluding hydrogens is 241 g/mol. The van der Waals surface area contributed by atoms with Crippen molar-refractivity contribution in [2.24, 2.45) is 0 Å². The summed E-state index contributed by atoms with van der Waals surface area (Å²) in [5.41, 5.74) is 1.09. The van der Waals surface area contributed by atoms with Crippen LogP contribution in [0.4, 0.5) is 4.39 Å². The third-order valence-electron chi connectivity index (χ3n) is 3.72. The standard InChI is InChI=1S/C16H24FNO/c1-3-5-6-7-13-11-15(18-4-2)14-9-8-12(17)10-16(14)19-13/h8-10,13,15,18H,3-7,11H2,1-2H3. The van der Waals surface area contributed by atoms with Crippen molar-refractivity contribution in [2.75, 3.05) is 6.54 Å². The van der Waals surface area contributed by atoms with Crippen LogP contribution in [0.25, 0.3) is 0 Å². The summed E-state index contributed by atoms with van der Waals surface area (Å²) in [5.74, 6) is 0.502. The van der Waals surface area contributed by atoms with Gasteiger partial charge in [-0.2, -0.15) is 0 Å². The Bertz CT molecular complexity index is 408. The molecule has 1 aliphatic heterocycles. The summed E-state index contributed by atoms with van der Waals surface area (Å²) < 4.78 is 19.3. The summed E-state index contributed by atoms with van der Waals surface area (Å²) in [5, 5.41) is 3.48. The van der Waals surface area contributed by atoms with Crippen LogP contribution >= 0.6 is 0 Å². The fourth-order valence-electron chi connectivity index (χ4n) is 2.75. The lowest BCUT2D eigenvalue weighted by Gasteiger charge is -2.32. The van der Waals surface area contributed by atoms with Gasteiger partial charge in [-0.1, -0.05) is 32.8 Å². The van der Waals surface area contributed by atoms with Gasteiger partial charge < -0.3 is 10.1 Å². The molecule has 2 unspecified atom stereocenters. The lowest BCUT2D eigenvalue weighted by atomic mass is 9.94. The molecule has 0 spiro atoms. The van der Waals surface area contributed by atoms with Gasteiger partial charge in [-0.25, -0.2) is 4.39 Å². The van der Waals surface area contributed by atoms with Crippen molar-refractivity contribution in [3.63, 3.8) is 0 Å². The molecule has 2 rings (SSSR count). The molecule has 0 saturated heterocycles. The molecular formula is C16H24FNO. The number of hydrogen-bond donors (Lipinski definition) is 1. The lowest BCUT2D eigenvalue weighted by Crippen LogP contribution is -2.33. The van der Waals surface area contributed by atoms with Crippen LogP contribution in [0.15, 0.2) is 18.2 Å². The highest BCUT2D eigenvalue weighted by Crippen LogP contribution is 2.36. The first-order chi connectivity index (χ1) is 9.24. The molecule has 2 nitrogen and oxygen atoms in total. The zero-order valence-corrected chi connectivity index (χ0v) is 11.9. The van der Waals surface area contributed by atoms with Crippen molar-refractivity contribution in [1.82, 2.24) is 5.32 Å². The first-order valence-electron chi connectivity index (χ1n) is 7.44. The first kappa shape index (κ1) is 14.3. The number of ether oxygens (including phenoxy) is 1. The van der Waals surface area contributed by atoms with Crippen molar-refractivity contribution in [3.8, 4) is 5.75 Å². The number of fused-ring (bicyclic) bond motifs is 1. The maximum atomic E-state index is 13.3. The third-order valence-corrected chi connectivity index (χ3v) is 3.72. The van der Waals surface area contributed by atoms with Gasteiger partial charge in [-0.05, 0) is 25.5 Å². The predicted molar refractivity (Wildman–Crippen MR) is 76.0 cm³/mol. The maximum absolute atomic E-state index is 13.3. The molecule has 106 valence electrons. The molecule has 0 radical (unpaired) electrons. The van der Waals surface area contributed by atoms with Crippen LogP contribution in [0.1, 0.15) is 57.6 Å². The Hall–Kier alpha value is -1.09. The van der Waals surface area contributed by atoms with E-state index in [4.69, 9.17) is 4.74 Å². The van der Waals surface area contributed by atoms with Gasteiger partial charge in [0, 0.05) is 24.1 Å². The number of hydrogen-bond acceptors (Lipinski definition) is 2. The molecule has 1 aliphatic rings. The molecule has 1 heterocycles. The zero-order chi connectivity index (χ0) is 13.7. The highest BCUT2D eigenvalue weighted by atomic mass is 19.1. The van der Waals surface area contributed by atoms with E-state index in [9.17, 15) is 4.39 Å². The van der Waals surface area contributed by atoms with Gasteiger partial charge in [-0.15, -0.1) is 0 Å². The van der Waals surface area contributed by atoms with Crippen molar-refractivity contribution >= 4 is 0 Å². The highest BCUT2D eigenvalue weighted by Gasteiger charge is 2.27. The fourth-order valence-corrected chi connectivity index (χ4v) is 2.75. The van der Waals surface area contributed by atoms with E-state index in [0.29, 0.717) is 6.04 Å². The van der Waals surface area contributed by atoms with E-state index >= 15 is 0 Å². The zero-order valence-electron chi connectivity index (χ0n) is 11.9. The quantitative estimate of drug-likeness (QED) is 0.778. The molecule has 0 bridgehead atoms. The summed E-state index contributed by atoms with van der Waals surface area (Å²) in [7, 11) is 0. The van der Waals surface area contributed by atoms with Gasteiger partial charge in [0.25, 0.3) is 0 Å². The van der Waals surface area contributed by atoms with E-state index in [0.717, 1.165) is 30.7 Å². The van der Waals surface area contributed by atoms with Crippen LogP contribution in [-0.2, 0) is 0 Å². The van der Waals surface area contributed by atoms with E-state index in [2.05, 4.69) is 19.2 Å². The Balaban J connectivity index is 2.09. The minimum Gasteiger partial charge on any atom is -0.490 e. The van der Waals surface area contributed by atoms with Gasteiger partial charge in [0.15, 0.2) is 0 Å². The largest absolute Gasteiger partial charge is 0.490 e. The van der Waals surface area contributed by atoms with Gasteiger partial charge in [0.05, 0.1) is 0 Å². The smallest absolute Gasteiger partial charge is 0.127 e. The molecule has 0 aromatic heterocycles. The molecule has 1 aromatic rings. The number of halogens is 1. The monoisotopic (exact) mass is 265 g/mol. The molecule has 0 saturated carbocycles. The lowest BCUT2D eigenvalue weighted by molar-refractivity contribution is 0.138. The first-order valence-corrected chi connectivity index (χ1v) is 7.44. The van der Waals surface area contributed by atoms with Crippen LogP contribution < -0.4 is 10.1 Å². The second-order valence-corrected chi connectivity index (χ2v) is 5.26. The number of rotatable bonds is 6. The molecule has 0 aliphatic carbocycles. The molecule has 1 aromatic carbocycles. The summed E-state index contributed by atoms with van der Waals surface area (Å²) in [6.45, 7) is 5.22. The summed E-state index contributed by atoms with van der Waals surface area (Å²) >= 11 is 0. The minimum absolute atomic E-state index is 0.213. The Kier molecular flexibility index (Phi) is 5.20. The normalized spacial score (nSPS) is 21.8. The predicted octanol–water partition coefficient (Wildman–Crippen LogP) is 4.21. The maximum Gasteiger partial charge on any atom is 0.127 e. The van der Waals surface area contributed by atoms with Crippen molar-refractivity contribution < 1.29 is 9.13 Å². The average Bonchev–Trinajstić information content (AvgIpc) is 2.39. The van der Waals surface area contributed by atoms with Crippen molar-refractivity contribution in [3.05, 3.63) is 29.6 Å². The van der Waals surface area contributed by atoms with Crippen molar-refractivity contribution in [2.45, 2.75) is 58.1 Å². The SMILES string of the molecule is CCCCCC1CC(NCC)c2ccc(F)cc2O1. The molecule has 2 atom stereocenters. The molecule has 3 heteroatoms. The highest BCUT2D eigenvalue weighted by molar-refractivity contribution is 5.38. The van der Waals surface area contributed by atoms with Crippen LogP contribution in [0.5, 0.6) is 5.75 Å². The van der Waals surface area contributed by atoms with E-state index in [1.165, 1.54) is 31.4 Å². The van der Waals surface area contributed by atoms with E-state index < -0.39 is 0 Å². The Labute approximate surface area is 115 Å². The summed E-state index contributed by atoms with van der Waals surface area (Å²) in [4.78, 5) is 0.